The first kappa shape index (κ1) is 25.0. The predicted molar refractivity (Wildman–Crippen MR) is 123 cm³/mol. The summed E-state index contributed by atoms with van der Waals surface area (Å²) < 4.78 is 39.8. The number of unbranched alkanes of at least 4 members (excludes halogenated alkanes) is 6. The number of alkyl halides is 3. The van der Waals surface area contributed by atoms with Crippen molar-refractivity contribution < 1.29 is 13.2 Å². The van der Waals surface area contributed by atoms with Gasteiger partial charge in [0, 0.05) is 25.1 Å². The number of nitrogens with zero attached hydrogens (tertiary/aromatic N) is 1. The van der Waals surface area contributed by atoms with E-state index in [4.69, 9.17) is 0 Å². The maximum Gasteiger partial charge on any atom is 0.416 e. The topological polar surface area (TPSA) is 3.24 Å². The second kappa shape index (κ2) is 13.2. The van der Waals surface area contributed by atoms with Crippen LogP contribution in [0, 0.1) is 11.8 Å². The van der Waals surface area contributed by atoms with Crippen LogP contribution >= 0.6 is 0 Å². The Labute approximate surface area is 185 Å². The van der Waals surface area contributed by atoms with Crippen molar-refractivity contribution in [2.45, 2.75) is 78.1 Å². The quantitative estimate of drug-likeness (QED) is 0.260. The second-order valence-electron chi connectivity index (χ2n) is 7.97. The summed E-state index contributed by atoms with van der Waals surface area (Å²) in [5.74, 6) is 6.47. The average molecular weight is 430 g/mol. The number of hydrogen-bond acceptors (Lipinski definition) is 1. The molecular weight excluding hydrogens is 395 g/mol. The molecule has 0 saturated carbocycles. The standard InChI is InChI=1S/C27H34F3N/c1-3-5-6-7-8-9-10-11-14-23-17-19-24(20-18-23)21-31(4-2)22-25-15-12-13-16-26(25)27(28,29)30/h12-13,15-20H,3-10,21-22H2,1-2H3. The Morgan fingerprint density at radius 2 is 1.48 bits per heavy atom. The summed E-state index contributed by atoms with van der Waals surface area (Å²) in [5, 5.41) is 0. The summed E-state index contributed by atoms with van der Waals surface area (Å²) in [6.45, 7) is 5.74. The van der Waals surface area contributed by atoms with Crippen molar-refractivity contribution in [2.24, 2.45) is 0 Å². The van der Waals surface area contributed by atoms with Crippen LogP contribution in [0.1, 0.15) is 81.0 Å². The molecule has 0 unspecified atom stereocenters. The lowest BCUT2D eigenvalue weighted by molar-refractivity contribution is -0.138. The van der Waals surface area contributed by atoms with Gasteiger partial charge in [-0.15, -0.1) is 0 Å². The molecule has 0 bridgehead atoms. The molecule has 0 fully saturated rings. The van der Waals surface area contributed by atoms with Crippen molar-refractivity contribution in [3.63, 3.8) is 0 Å². The van der Waals surface area contributed by atoms with E-state index in [1.807, 2.05) is 36.1 Å². The van der Waals surface area contributed by atoms with E-state index >= 15 is 0 Å². The maximum absolute atomic E-state index is 13.3. The summed E-state index contributed by atoms with van der Waals surface area (Å²) >= 11 is 0. The van der Waals surface area contributed by atoms with E-state index in [1.54, 1.807) is 12.1 Å². The Balaban J connectivity index is 1.87. The fourth-order valence-corrected chi connectivity index (χ4v) is 3.57. The van der Waals surface area contributed by atoms with Gasteiger partial charge in [0.25, 0.3) is 0 Å². The Bertz CT molecular complexity index is 828. The van der Waals surface area contributed by atoms with Crippen molar-refractivity contribution in [3.8, 4) is 11.8 Å². The molecular formula is C27H34F3N. The fourth-order valence-electron chi connectivity index (χ4n) is 3.57. The lowest BCUT2D eigenvalue weighted by Crippen LogP contribution is -2.24. The first-order valence-corrected chi connectivity index (χ1v) is 11.4. The number of benzene rings is 2. The molecule has 0 spiro atoms. The minimum absolute atomic E-state index is 0.270. The van der Waals surface area contributed by atoms with Crippen LogP contribution < -0.4 is 0 Å². The van der Waals surface area contributed by atoms with Gasteiger partial charge in [-0.2, -0.15) is 13.2 Å². The summed E-state index contributed by atoms with van der Waals surface area (Å²) in [5.41, 5.74) is 1.83. The van der Waals surface area contributed by atoms with Gasteiger partial charge < -0.3 is 0 Å². The zero-order valence-electron chi connectivity index (χ0n) is 18.8. The van der Waals surface area contributed by atoms with Crippen LogP contribution in [-0.4, -0.2) is 11.4 Å². The highest BCUT2D eigenvalue weighted by Gasteiger charge is 2.33. The van der Waals surface area contributed by atoms with Gasteiger partial charge in [-0.1, -0.05) is 88.1 Å². The summed E-state index contributed by atoms with van der Waals surface area (Å²) in [6.07, 6.45) is 4.21. The molecule has 0 N–H and O–H groups in total. The minimum Gasteiger partial charge on any atom is -0.295 e. The molecule has 4 heteroatoms. The molecule has 1 nitrogen and oxygen atoms in total. The lowest BCUT2D eigenvalue weighted by Gasteiger charge is -2.23. The number of rotatable bonds is 11. The van der Waals surface area contributed by atoms with E-state index in [1.165, 1.54) is 38.2 Å². The Morgan fingerprint density at radius 3 is 2.16 bits per heavy atom. The molecule has 2 rings (SSSR count). The highest BCUT2D eigenvalue weighted by molar-refractivity contribution is 5.36. The second-order valence-corrected chi connectivity index (χ2v) is 7.97. The van der Waals surface area contributed by atoms with Gasteiger partial charge in [0.1, 0.15) is 0 Å². The highest BCUT2D eigenvalue weighted by atomic mass is 19.4. The number of hydrogen-bond donors (Lipinski definition) is 0. The van der Waals surface area contributed by atoms with Crippen molar-refractivity contribution >= 4 is 0 Å². The lowest BCUT2D eigenvalue weighted by atomic mass is 10.1. The zero-order valence-corrected chi connectivity index (χ0v) is 18.8. The van der Waals surface area contributed by atoms with Gasteiger partial charge in [-0.3, -0.25) is 4.90 Å². The molecule has 0 heterocycles. The van der Waals surface area contributed by atoms with Crippen molar-refractivity contribution in [1.29, 1.82) is 0 Å². The third-order valence-corrected chi connectivity index (χ3v) is 5.41. The smallest absolute Gasteiger partial charge is 0.295 e. The first-order valence-electron chi connectivity index (χ1n) is 11.4. The van der Waals surface area contributed by atoms with E-state index in [0.717, 1.165) is 30.0 Å². The highest BCUT2D eigenvalue weighted by Crippen LogP contribution is 2.32. The fraction of sp³-hybridized carbons (Fsp3) is 0.481. The van der Waals surface area contributed by atoms with Crippen LogP contribution in [0.25, 0.3) is 0 Å². The Hall–Kier alpha value is -2.25. The Kier molecular flexibility index (Phi) is 10.7. The van der Waals surface area contributed by atoms with E-state index in [2.05, 4.69) is 18.8 Å². The molecule has 168 valence electrons. The van der Waals surface area contributed by atoms with Gasteiger partial charge in [0.05, 0.1) is 5.56 Å². The maximum atomic E-state index is 13.3. The third-order valence-electron chi connectivity index (χ3n) is 5.41. The SMILES string of the molecule is CCCCCCCCC#Cc1ccc(CN(CC)Cc2ccccc2C(F)(F)F)cc1. The van der Waals surface area contributed by atoms with Crippen LogP contribution in [0.2, 0.25) is 0 Å². The third kappa shape index (κ3) is 9.19. The largest absolute Gasteiger partial charge is 0.416 e. The van der Waals surface area contributed by atoms with Gasteiger partial charge >= 0.3 is 6.18 Å². The van der Waals surface area contributed by atoms with Gasteiger partial charge in [0.2, 0.25) is 0 Å². The summed E-state index contributed by atoms with van der Waals surface area (Å²) in [6, 6.07) is 13.9. The molecule has 0 amide bonds. The van der Waals surface area contributed by atoms with Crippen molar-refractivity contribution in [3.05, 3.63) is 70.8 Å². The van der Waals surface area contributed by atoms with E-state index in [-0.39, 0.29) is 6.54 Å². The van der Waals surface area contributed by atoms with Gasteiger partial charge in [-0.25, -0.2) is 0 Å². The van der Waals surface area contributed by atoms with Crippen LogP contribution in [0.4, 0.5) is 13.2 Å². The van der Waals surface area contributed by atoms with Crippen LogP contribution in [0.15, 0.2) is 48.5 Å². The molecule has 0 radical (unpaired) electrons. The molecule has 0 saturated heterocycles. The zero-order chi connectivity index (χ0) is 22.5. The Morgan fingerprint density at radius 1 is 0.806 bits per heavy atom. The van der Waals surface area contributed by atoms with Crippen LogP contribution in [0.3, 0.4) is 0 Å². The summed E-state index contributed by atoms with van der Waals surface area (Å²) in [7, 11) is 0. The average Bonchev–Trinajstić information content (AvgIpc) is 2.76. The monoisotopic (exact) mass is 429 g/mol. The molecule has 0 aromatic heterocycles. The van der Waals surface area contributed by atoms with Crippen LogP contribution in [-0.2, 0) is 19.3 Å². The summed E-state index contributed by atoms with van der Waals surface area (Å²) in [4.78, 5) is 2.02. The van der Waals surface area contributed by atoms with E-state index in [0.29, 0.717) is 18.7 Å². The van der Waals surface area contributed by atoms with E-state index < -0.39 is 11.7 Å². The molecule has 0 aliphatic carbocycles. The van der Waals surface area contributed by atoms with Gasteiger partial charge in [0.15, 0.2) is 0 Å². The normalized spacial score (nSPS) is 11.4. The van der Waals surface area contributed by atoms with Crippen molar-refractivity contribution in [2.75, 3.05) is 6.54 Å². The first-order chi connectivity index (χ1) is 14.9. The molecule has 2 aromatic rings. The molecule has 31 heavy (non-hydrogen) atoms. The molecule has 0 aliphatic heterocycles. The predicted octanol–water partition coefficient (Wildman–Crippen LogP) is 7.83. The van der Waals surface area contributed by atoms with Crippen molar-refractivity contribution in [1.82, 2.24) is 4.90 Å². The molecule has 0 atom stereocenters. The van der Waals surface area contributed by atoms with Crippen LogP contribution in [0.5, 0.6) is 0 Å². The molecule has 2 aromatic carbocycles. The van der Waals surface area contributed by atoms with Gasteiger partial charge in [-0.05, 0) is 42.3 Å². The van der Waals surface area contributed by atoms with E-state index in [9.17, 15) is 13.2 Å². The molecule has 0 aliphatic rings. The number of halogens is 3. The minimum atomic E-state index is -4.33.